The number of hydrogen-bond acceptors (Lipinski definition) is 5. The molecule has 1 aliphatic rings. The largest absolute Gasteiger partial charge is 0.451 e. The van der Waals surface area contributed by atoms with E-state index in [2.05, 4.69) is 39.6 Å². The standard InChI is InChI=1S/C26H27N5O2.ClH/c27-14-17-4-6-22-21(11-17)19(15-30-22)3-1-2-9-31-10-8-29-16-23(31)18-5-7-24-20(12-18)13-25(33-24)26(28)32;/h4-7,11-13,15,23,29-30H,1-3,8-10,16H2,(H2,28,32);1H. The molecule has 0 saturated carbocycles. The Kier molecular flexibility index (Phi) is 7.23. The highest BCUT2D eigenvalue weighted by atomic mass is 35.5. The van der Waals surface area contributed by atoms with Gasteiger partial charge >= 0.3 is 0 Å². The Labute approximate surface area is 204 Å². The van der Waals surface area contributed by atoms with E-state index in [-0.39, 0.29) is 24.2 Å². The first kappa shape index (κ1) is 23.8. The van der Waals surface area contributed by atoms with Crippen LogP contribution in [-0.4, -0.2) is 42.0 Å². The fraction of sp³-hybridized carbons (Fsp3) is 0.308. The Bertz CT molecular complexity index is 1350. The number of carbonyl (C=O) groups is 1. The van der Waals surface area contributed by atoms with Gasteiger partial charge in [-0.3, -0.25) is 9.69 Å². The number of rotatable bonds is 7. The molecule has 176 valence electrons. The van der Waals surface area contributed by atoms with Gasteiger partial charge in [-0.05, 0) is 73.3 Å². The molecular weight excluding hydrogens is 450 g/mol. The van der Waals surface area contributed by atoms with Crippen LogP contribution in [0.25, 0.3) is 21.9 Å². The molecule has 0 aliphatic carbocycles. The Morgan fingerprint density at radius 2 is 2.09 bits per heavy atom. The van der Waals surface area contributed by atoms with Crippen LogP contribution in [0.15, 0.2) is 53.1 Å². The number of nitrogens with zero attached hydrogens (tertiary/aromatic N) is 2. The number of aryl methyl sites for hydroxylation is 1. The summed E-state index contributed by atoms with van der Waals surface area (Å²) in [5.41, 5.74) is 10.3. The monoisotopic (exact) mass is 477 g/mol. The van der Waals surface area contributed by atoms with Crippen molar-refractivity contribution < 1.29 is 9.21 Å². The first-order valence-electron chi connectivity index (χ1n) is 11.4. The number of benzene rings is 2. The third-order valence-corrected chi connectivity index (χ3v) is 6.56. The second-order valence-electron chi connectivity index (χ2n) is 8.67. The van der Waals surface area contributed by atoms with Gasteiger partial charge in [-0.15, -0.1) is 12.4 Å². The number of carbonyl (C=O) groups excluding carboxylic acids is 1. The number of aromatic amines is 1. The zero-order valence-corrected chi connectivity index (χ0v) is 19.7. The van der Waals surface area contributed by atoms with Gasteiger partial charge in [0.15, 0.2) is 5.76 Å². The predicted octanol–water partition coefficient (Wildman–Crippen LogP) is 4.28. The molecule has 1 fully saturated rings. The van der Waals surface area contributed by atoms with Gasteiger partial charge in [0.1, 0.15) is 5.58 Å². The van der Waals surface area contributed by atoms with Crippen LogP contribution in [-0.2, 0) is 6.42 Å². The molecule has 3 heterocycles. The highest BCUT2D eigenvalue weighted by Gasteiger charge is 2.24. The Morgan fingerprint density at radius 1 is 1.21 bits per heavy atom. The summed E-state index contributed by atoms with van der Waals surface area (Å²) in [7, 11) is 0. The highest BCUT2D eigenvalue weighted by Crippen LogP contribution is 2.28. The predicted molar refractivity (Wildman–Crippen MR) is 135 cm³/mol. The number of nitriles is 1. The number of furan rings is 1. The van der Waals surface area contributed by atoms with Crippen molar-refractivity contribution in [3.8, 4) is 6.07 Å². The van der Waals surface area contributed by atoms with Gasteiger partial charge < -0.3 is 20.5 Å². The number of nitrogens with two attached hydrogens (primary N) is 1. The topological polar surface area (TPSA) is 111 Å². The molecule has 8 heteroatoms. The lowest BCUT2D eigenvalue weighted by Gasteiger charge is -2.36. The summed E-state index contributed by atoms with van der Waals surface area (Å²) < 4.78 is 5.53. The molecule has 1 unspecified atom stereocenters. The minimum Gasteiger partial charge on any atom is -0.451 e. The number of piperazine rings is 1. The zero-order valence-electron chi connectivity index (χ0n) is 18.8. The minimum atomic E-state index is -0.548. The number of primary amides is 1. The fourth-order valence-corrected chi connectivity index (χ4v) is 4.82. The zero-order chi connectivity index (χ0) is 22.8. The van der Waals surface area contributed by atoms with E-state index in [9.17, 15) is 10.1 Å². The van der Waals surface area contributed by atoms with Crippen LogP contribution in [0.5, 0.6) is 0 Å². The van der Waals surface area contributed by atoms with E-state index >= 15 is 0 Å². The lowest BCUT2D eigenvalue weighted by atomic mass is 10.0. The van der Waals surface area contributed by atoms with Crippen molar-refractivity contribution in [1.82, 2.24) is 15.2 Å². The van der Waals surface area contributed by atoms with Crippen LogP contribution in [0, 0.1) is 11.3 Å². The summed E-state index contributed by atoms with van der Waals surface area (Å²) in [6.45, 7) is 3.90. The average Bonchev–Trinajstić information content (AvgIpc) is 3.45. The first-order chi connectivity index (χ1) is 16.1. The number of nitrogens with one attached hydrogen (secondary N) is 2. The molecule has 4 aromatic rings. The second kappa shape index (κ2) is 10.3. The van der Waals surface area contributed by atoms with Crippen molar-refractivity contribution >= 4 is 40.2 Å². The summed E-state index contributed by atoms with van der Waals surface area (Å²) in [6, 6.07) is 16.2. The van der Waals surface area contributed by atoms with Crippen molar-refractivity contribution in [2.24, 2.45) is 5.73 Å². The van der Waals surface area contributed by atoms with Gasteiger partial charge in [-0.25, -0.2) is 0 Å². The maximum atomic E-state index is 11.4. The SMILES string of the molecule is Cl.N#Cc1ccc2[nH]cc(CCCCN3CCNCC3c3ccc4oc(C(N)=O)cc4c3)c2c1. The molecule has 1 aliphatic heterocycles. The average molecular weight is 478 g/mol. The molecule has 5 rings (SSSR count). The summed E-state index contributed by atoms with van der Waals surface area (Å²) in [5.74, 6) is -0.354. The van der Waals surface area contributed by atoms with E-state index in [1.807, 2.05) is 24.3 Å². The lowest BCUT2D eigenvalue weighted by molar-refractivity contribution is 0.0976. The van der Waals surface area contributed by atoms with E-state index in [1.165, 1.54) is 11.1 Å². The number of halogens is 1. The summed E-state index contributed by atoms with van der Waals surface area (Å²) >= 11 is 0. The second-order valence-corrected chi connectivity index (χ2v) is 8.67. The molecule has 34 heavy (non-hydrogen) atoms. The van der Waals surface area contributed by atoms with Crippen molar-refractivity contribution in [1.29, 1.82) is 5.26 Å². The van der Waals surface area contributed by atoms with Crippen LogP contribution in [0.3, 0.4) is 0 Å². The highest BCUT2D eigenvalue weighted by molar-refractivity contribution is 5.95. The molecule has 0 spiro atoms. The normalized spacial score (nSPS) is 16.4. The van der Waals surface area contributed by atoms with Gasteiger partial charge in [0.25, 0.3) is 5.91 Å². The first-order valence-corrected chi connectivity index (χ1v) is 11.4. The number of amides is 1. The number of aromatic nitrogens is 1. The number of H-pyrrole nitrogens is 1. The maximum Gasteiger partial charge on any atom is 0.284 e. The van der Waals surface area contributed by atoms with Crippen molar-refractivity contribution in [3.63, 3.8) is 0 Å². The van der Waals surface area contributed by atoms with E-state index in [4.69, 9.17) is 10.2 Å². The van der Waals surface area contributed by atoms with Crippen molar-refractivity contribution in [3.05, 3.63) is 71.1 Å². The summed E-state index contributed by atoms with van der Waals surface area (Å²) in [4.78, 5) is 17.3. The quantitative estimate of drug-likeness (QED) is 0.344. The Hall–Kier alpha value is -3.31. The molecule has 1 atom stereocenters. The number of unbranched alkanes of at least 4 members (excludes halogenated alkanes) is 1. The third-order valence-electron chi connectivity index (χ3n) is 6.56. The molecule has 0 bridgehead atoms. The Balaban J connectivity index is 0.00000274. The van der Waals surface area contributed by atoms with Gasteiger partial charge in [0, 0.05) is 48.2 Å². The van der Waals surface area contributed by atoms with Gasteiger partial charge in [-0.1, -0.05) is 6.07 Å². The van der Waals surface area contributed by atoms with Crippen LogP contribution < -0.4 is 11.1 Å². The Morgan fingerprint density at radius 3 is 2.91 bits per heavy atom. The van der Waals surface area contributed by atoms with Crippen molar-refractivity contribution in [2.45, 2.75) is 25.3 Å². The summed E-state index contributed by atoms with van der Waals surface area (Å²) in [5, 5.41) is 14.8. The van der Waals surface area contributed by atoms with Crippen LogP contribution in [0.1, 0.15) is 46.1 Å². The molecule has 2 aromatic carbocycles. The van der Waals surface area contributed by atoms with E-state index in [1.54, 1.807) is 6.07 Å². The van der Waals surface area contributed by atoms with Crippen LogP contribution in [0.2, 0.25) is 0 Å². The van der Waals surface area contributed by atoms with Gasteiger partial charge in [0.2, 0.25) is 0 Å². The smallest absolute Gasteiger partial charge is 0.284 e. The molecule has 2 aromatic heterocycles. The molecular formula is C26H28ClN5O2. The van der Waals surface area contributed by atoms with Gasteiger partial charge in [0.05, 0.1) is 11.6 Å². The number of fused-ring (bicyclic) bond motifs is 2. The van der Waals surface area contributed by atoms with Crippen LogP contribution >= 0.6 is 12.4 Å². The molecule has 1 saturated heterocycles. The fourth-order valence-electron chi connectivity index (χ4n) is 4.82. The lowest BCUT2D eigenvalue weighted by Crippen LogP contribution is -2.46. The molecule has 7 nitrogen and oxygen atoms in total. The number of hydrogen-bond donors (Lipinski definition) is 3. The molecule has 4 N–H and O–H groups in total. The van der Waals surface area contributed by atoms with E-state index in [0.29, 0.717) is 11.1 Å². The summed E-state index contributed by atoms with van der Waals surface area (Å²) in [6.07, 6.45) is 5.24. The van der Waals surface area contributed by atoms with E-state index in [0.717, 1.165) is 61.7 Å². The minimum absolute atomic E-state index is 0. The third kappa shape index (κ3) is 4.80. The molecule has 1 amide bonds. The van der Waals surface area contributed by atoms with Gasteiger partial charge in [-0.2, -0.15) is 5.26 Å². The van der Waals surface area contributed by atoms with E-state index < -0.39 is 5.91 Å². The maximum absolute atomic E-state index is 11.4. The van der Waals surface area contributed by atoms with Crippen LogP contribution in [0.4, 0.5) is 0 Å². The van der Waals surface area contributed by atoms with Crippen molar-refractivity contribution in [2.75, 3.05) is 26.2 Å². The molecule has 0 radical (unpaired) electrons.